The van der Waals surface area contributed by atoms with E-state index in [0.29, 0.717) is 22.1 Å². The van der Waals surface area contributed by atoms with E-state index in [1.807, 2.05) is 6.07 Å². The first kappa shape index (κ1) is 17.2. The Morgan fingerprint density at radius 1 is 1.03 bits per heavy atom. The summed E-state index contributed by atoms with van der Waals surface area (Å²) in [6, 6.07) is 16.5. The number of carbonyl (C=O) groups is 1. The van der Waals surface area contributed by atoms with Crippen molar-refractivity contribution < 1.29 is 14.3 Å². The Labute approximate surface area is 165 Å². The van der Waals surface area contributed by atoms with Crippen molar-refractivity contribution in [2.75, 3.05) is 0 Å². The highest BCUT2D eigenvalue weighted by Gasteiger charge is 2.42. The Balaban J connectivity index is 1.74. The molecule has 0 radical (unpaired) electrons. The number of fused-ring (bicyclic) bond motifs is 2. The molecule has 2 aromatic heterocycles. The maximum atomic E-state index is 13.3. The molecule has 1 aliphatic rings. The number of phenolic OH excluding ortho intramolecular Hbond substituents is 1. The molecule has 0 unspecified atom stereocenters. The van der Waals surface area contributed by atoms with Crippen LogP contribution in [0, 0.1) is 0 Å². The highest BCUT2D eigenvalue weighted by Crippen LogP contribution is 2.39. The predicted octanol–water partition coefficient (Wildman–Crippen LogP) is 3.64. The number of benzene rings is 2. The monoisotopic (exact) mass is 384 g/mol. The topological polar surface area (TPSA) is 83.6 Å². The average Bonchev–Trinajstić information content (AvgIpc) is 3.01. The van der Waals surface area contributed by atoms with Crippen molar-refractivity contribution in [3.05, 3.63) is 106 Å². The minimum atomic E-state index is -0.661. The Morgan fingerprint density at radius 3 is 2.69 bits per heavy atom. The average molecular weight is 384 g/mol. The largest absolute Gasteiger partial charge is 0.508 e. The van der Waals surface area contributed by atoms with Crippen LogP contribution in [0.2, 0.25) is 0 Å². The highest BCUT2D eigenvalue weighted by atomic mass is 16.3. The third-order valence-corrected chi connectivity index (χ3v) is 5.13. The number of aromatic hydroxyl groups is 1. The third-order valence-electron chi connectivity index (χ3n) is 5.13. The summed E-state index contributed by atoms with van der Waals surface area (Å²) in [5.74, 6) is -0.249. The van der Waals surface area contributed by atoms with Crippen molar-refractivity contribution in [3.8, 4) is 5.75 Å². The minimum absolute atomic E-state index is 0.0472. The van der Waals surface area contributed by atoms with Gasteiger partial charge < -0.3 is 14.4 Å². The number of para-hydroxylation sites is 1. The Bertz CT molecular complexity index is 1300. The van der Waals surface area contributed by atoms with Crippen molar-refractivity contribution in [3.63, 3.8) is 0 Å². The number of amides is 1. The molecule has 6 heteroatoms. The van der Waals surface area contributed by atoms with Crippen molar-refractivity contribution >= 4 is 16.9 Å². The van der Waals surface area contributed by atoms with Crippen molar-refractivity contribution in [1.29, 1.82) is 0 Å². The van der Waals surface area contributed by atoms with E-state index in [1.54, 1.807) is 71.9 Å². The second kappa shape index (κ2) is 6.60. The number of nitrogens with zero attached hydrogens (tertiary/aromatic N) is 2. The lowest BCUT2D eigenvalue weighted by atomic mass is 9.98. The number of aromatic nitrogens is 1. The molecular formula is C23H16N2O4. The van der Waals surface area contributed by atoms with Gasteiger partial charge in [-0.1, -0.05) is 30.3 Å². The van der Waals surface area contributed by atoms with E-state index in [2.05, 4.69) is 4.98 Å². The number of phenols is 1. The molecule has 3 heterocycles. The van der Waals surface area contributed by atoms with Crippen LogP contribution < -0.4 is 5.43 Å². The molecular weight excluding hydrogens is 368 g/mol. The Hall–Kier alpha value is -3.93. The van der Waals surface area contributed by atoms with Crippen LogP contribution in [0.3, 0.4) is 0 Å². The van der Waals surface area contributed by atoms with Gasteiger partial charge in [-0.3, -0.25) is 14.6 Å². The summed E-state index contributed by atoms with van der Waals surface area (Å²) in [5, 5.41) is 10.4. The van der Waals surface area contributed by atoms with E-state index in [1.165, 1.54) is 0 Å². The molecule has 0 spiro atoms. The second-order valence-corrected chi connectivity index (χ2v) is 6.96. The highest BCUT2D eigenvalue weighted by molar-refractivity contribution is 5.99. The standard InChI is InChI=1S/C23H16N2O4/c26-16-7-3-6-15(11-16)20-19-21(27)17-8-1-2-9-18(17)29-22(19)23(28)25(20)13-14-5-4-10-24-12-14/h1-12,20,26H,13H2/t20-/m0/s1. The molecule has 1 amide bonds. The Morgan fingerprint density at radius 2 is 1.90 bits per heavy atom. The molecule has 0 fully saturated rings. The Kier molecular flexibility index (Phi) is 3.91. The third kappa shape index (κ3) is 2.77. The van der Waals surface area contributed by atoms with Gasteiger partial charge in [0.05, 0.1) is 17.0 Å². The first-order valence-electron chi connectivity index (χ1n) is 9.18. The van der Waals surface area contributed by atoms with Gasteiger partial charge in [-0.05, 0) is 41.5 Å². The van der Waals surface area contributed by atoms with Crippen molar-refractivity contribution in [2.24, 2.45) is 0 Å². The lowest BCUT2D eigenvalue weighted by Gasteiger charge is -2.25. The number of hydrogen-bond acceptors (Lipinski definition) is 5. The molecule has 1 aliphatic heterocycles. The van der Waals surface area contributed by atoms with Gasteiger partial charge in [0.25, 0.3) is 5.91 Å². The van der Waals surface area contributed by atoms with Crippen LogP contribution in [-0.4, -0.2) is 20.9 Å². The molecule has 5 rings (SSSR count). The maximum Gasteiger partial charge on any atom is 0.291 e. The zero-order valence-corrected chi connectivity index (χ0v) is 15.3. The first-order chi connectivity index (χ1) is 14.1. The number of carbonyl (C=O) groups excluding carboxylic acids is 1. The van der Waals surface area contributed by atoms with E-state index in [4.69, 9.17) is 4.42 Å². The molecule has 2 aromatic carbocycles. The number of hydrogen-bond donors (Lipinski definition) is 1. The van der Waals surface area contributed by atoms with Crippen molar-refractivity contribution in [2.45, 2.75) is 12.6 Å². The fourth-order valence-electron chi connectivity index (χ4n) is 3.86. The molecule has 0 aliphatic carbocycles. The fraction of sp³-hybridized carbons (Fsp3) is 0.0870. The van der Waals surface area contributed by atoms with Gasteiger partial charge in [0, 0.05) is 18.9 Å². The first-order valence-corrected chi connectivity index (χ1v) is 9.18. The zero-order chi connectivity index (χ0) is 20.0. The van der Waals surface area contributed by atoms with E-state index in [-0.39, 0.29) is 29.4 Å². The van der Waals surface area contributed by atoms with Crippen LogP contribution in [0.5, 0.6) is 5.75 Å². The van der Waals surface area contributed by atoms with E-state index < -0.39 is 6.04 Å². The summed E-state index contributed by atoms with van der Waals surface area (Å²) in [6.07, 6.45) is 3.34. The summed E-state index contributed by atoms with van der Waals surface area (Å²) in [7, 11) is 0. The van der Waals surface area contributed by atoms with Crippen LogP contribution in [0.4, 0.5) is 0 Å². The summed E-state index contributed by atoms with van der Waals surface area (Å²) in [6.45, 7) is 0.257. The fourth-order valence-corrected chi connectivity index (χ4v) is 3.86. The minimum Gasteiger partial charge on any atom is -0.508 e. The van der Waals surface area contributed by atoms with Gasteiger partial charge in [-0.15, -0.1) is 0 Å². The van der Waals surface area contributed by atoms with Crippen LogP contribution in [0.25, 0.3) is 11.0 Å². The van der Waals surface area contributed by atoms with E-state index in [9.17, 15) is 14.7 Å². The van der Waals surface area contributed by atoms with Gasteiger partial charge in [-0.2, -0.15) is 0 Å². The van der Waals surface area contributed by atoms with Gasteiger partial charge in [0.15, 0.2) is 5.43 Å². The van der Waals surface area contributed by atoms with E-state index in [0.717, 1.165) is 5.56 Å². The molecule has 142 valence electrons. The SMILES string of the molecule is O=C1c2oc3ccccc3c(=O)c2[C@H](c2cccc(O)c2)N1Cc1cccnc1. The van der Waals surface area contributed by atoms with E-state index >= 15 is 0 Å². The van der Waals surface area contributed by atoms with Crippen LogP contribution in [0.15, 0.2) is 82.3 Å². The van der Waals surface area contributed by atoms with Crippen molar-refractivity contribution in [1.82, 2.24) is 9.88 Å². The molecule has 1 N–H and O–H groups in total. The molecule has 0 saturated heterocycles. The molecule has 29 heavy (non-hydrogen) atoms. The van der Waals surface area contributed by atoms with Crippen LogP contribution in [0.1, 0.15) is 33.3 Å². The molecule has 0 saturated carbocycles. The van der Waals surface area contributed by atoms with Gasteiger partial charge in [0.2, 0.25) is 5.76 Å². The maximum absolute atomic E-state index is 13.3. The molecule has 4 aromatic rings. The quantitative estimate of drug-likeness (QED) is 0.583. The smallest absolute Gasteiger partial charge is 0.291 e. The van der Waals surface area contributed by atoms with Gasteiger partial charge >= 0.3 is 0 Å². The van der Waals surface area contributed by atoms with Crippen LogP contribution >= 0.6 is 0 Å². The lowest BCUT2D eigenvalue weighted by molar-refractivity contribution is 0.0714. The molecule has 1 atom stereocenters. The summed E-state index contributed by atoms with van der Waals surface area (Å²) in [5.41, 5.74) is 1.90. The van der Waals surface area contributed by atoms with Gasteiger partial charge in [0.1, 0.15) is 11.3 Å². The predicted molar refractivity (Wildman–Crippen MR) is 107 cm³/mol. The molecule has 0 bridgehead atoms. The zero-order valence-electron chi connectivity index (χ0n) is 15.3. The van der Waals surface area contributed by atoms with Crippen LogP contribution in [-0.2, 0) is 6.54 Å². The lowest BCUT2D eigenvalue weighted by Crippen LogP contribution is -2.29. The summed E-state index contributed by atoms with van der Waals surface area (Å²) < 4.78 is 5.88. The summed E-state index contributed by atoms with van der Waals surface area (Å²) in [4.78, 5) is 32.3. The van der Waals surface area contributed by atoms with Gasteiger partial charge in [-0.25, -0.2) is 0 Å². The number of rotatable bonds is 3. The molecule has 6 nitrogen and oxygen atoms in total. The number of pyridine rings is 1. The second-order valence-electron chi connectivity index (χ2n) is 6.96. The summed E-state index contributed by atoms with van der Waals surface area (Å²) >= 11 is 0. The normalized spacial score (nSPS) is 15.7.